The van der Waals surface area contributed by atoms with E-state index in [0.29, 0.717) is 6.04 Å². The van der Waals surface area contributed by atoms with E-state index in [-0.39, 0.29) is 0 Å². The van der Waals surface area contributed by atoms with Crippen molar-refractivity contribution in [1.29, 1.82) is 0 Å². The predicted octanol–water partition coefficient (Wildman–Crippen LogP) is 3.62. The van der Waals surface area contributed by atoms with E-state index in [4.69, 9.17) is 0 Å². The van der Waals surface area contributed by atoms with Gasteiger partial charge in [-0.3, -0.25) is 4.98 Å². The maximum Gasteiger partial charge on any atom is 0.145 e. The third-order valence-corrected chi connectivity index (χ3v) is 3.74. The highest BCUT2D eigenvalue weighted by Crippen LogP contribution is 2.25. The van der Waals surface area contributed by atoms with E-state index < -0.39 is 0 Å². The van der Waals surface area contributed by atoms with Gasteiger partial charge in [0.2, 0.25) is 0 Å². The fraction of sp³-hybridized carbons (Fsp3) is 0.467. The van der Waals surface area contributed by atoms with E-state index in [2.05, 4.69) is 22.2 Å². The number of fused-ring (bicyclic) bond motifs is 1. The Morgan fingerprint density at radius 2 is 2.00 bits per heavy atom. The Hall–Kier alpha value is -1.64. The van der Waals surface area contributed by atoms with Crippen molar-refractivity contribution in [1.82, 2.24) is 9.97 Å². The molecule has 0 amide bonds. The van der Waals surface area contributed by atoms with Gasteiger partial charge in [-0.1, -0.05) is 31.9 Å². The van der Waals surface area contributed by atoms with Crippen LogP contribution in [0.4, 0.5) is 5.82 Å². The third kappa shape index (κ3) is 2.45. The second kappa shape index (κ2) is 4.92. The molecule has 0 radical (unpaired) electrons. The summed E-state index contributed by atoms with van der Waals surface area (Å²) in [5, 5.41) is 3.53. The molecule has 94 valence electrons. The van der Waals surface area contributed by atoms with Gasteiger partial charge in [0.1, 0.15) is 5.82 Å². The van der Waals surface area contributed by atoms with Crippen LogP contribution in [0.25, 0.3) is 11.0 Å². The van der Waals surface area contributed by atoms with Gasteiger partial charge in [-0.05, 0) is 30.9 Å². The molecular weight excluding hydrogens is 222 g/mol. The van der Waals surface area contributed by atoms with Gasteiger partial charge >= 0.3 is 0 Å². The quantitative estimate of drug-likeness (QED) is 0.872. The zero-order chi connectivity index (χ0) is 12.4. The summed E-state index contributed by atoms with van der Waals surface area (Å²) in [7, 11) is 0. The van der Waals surface area contributed by atoms with E-state index in [9.17, 15) is 0 Å². The average molecular weight is 241 g/mol. The van der Waals surface area contributed by atoms with Crippen LogP contribution in [0, 0.1) is 5.92 Å². The molecule has 2 atom stereocenters. The molecule has 0 aliphatic heterocycles. The van der Waals surface area contributed by atoms with Crippen molar-refractivity contribution < 1.29 is 0 Å². The summed E-state index contributed by atoms with van der Waals surface area (Å²) in [4.78, 5) is 9.06. The minimum absolute atomic E-state index is 0.559. The minimum atomic E-state index is 0.559. The molecule has 2 aromatic rings. The Balaban J connectivity index is 1.78. The number of hydrogen-bond donors (Lipinski definition) is 1. The zero-order valence-electron chi connectivity index (χ0n) is 10.8. The normalized spacial score (nSPS) is 24.1. The van der Waals surface area contributed by atoms with Crippen molar-refractivity contribution >= 4 is 16.9 Å². The van der Waals surface area contributed by atoms with Gasteiger partial charge in [-0.25, -0.2) is 4.98 Å². The number of anilines is 1. The Morgan fingerprint density at radius 3 is 2.83 bits per heavy atom. The molecule has 1 aliphatic rings. The van der Waals surface area contributed by atoms with E-state index >= 15 is 0 Å². The van der Waals surface area contributed by atoms with Gasteiger partial charge in [0.05, 0.1) is 17.2 Å². The average Bonchev–Trinajstić information content (AvgIpc) is 2.39. The molecule has 1 aromatic carbocycles. The molecule has 3 heteroatoms. The number of nitrogens with zero attached hydrogens (tertiary/aromatic N) is 2. The second-order valence-corrected chi connectivity index (χ2v) is 5.36. The predicted molar refractivity (Wildman–Crippen MR) is 74.6 cm³/mol. The van der Waals surface area contributed by atoms with Crippen LogP contribution in [0.1, 0.15) is 32.6 Å². The van der Waals surface area contributed by atoms with Crippen LogP contribution in [0.2, 0.25) is 0 Å². The largest absolute Gasteiger partial charge is 0.366 e. The smallest absolute Gasteiger partial charge is 0.145 e. The molecule has 1 saturated carbocycles. The van der Waals surface area contributed by atoms with E-state index in [1.165, 1.54) is 25.7 Å². The summed E-state index contributed by atoms with van der Waals surface area (Å²) < 4.78 is 0. The molecule has 0 spiro atoms. The van der Waals surface area contributed by atoms with Gasteiger partial charge in [0.15, 0.2) is 0 Å². The van der Waals surface area contributed by atoms with Crippen molar-refractivity contribution in [2.75, 3.05) is 5.32 Å². The van der Waals surface area contributed by atoms with E-state index in [1.807, 2.05) is 30.5 Å². The lowest BCUT2D eigenvalue weighted by Crippen LogP contribution is -2.26. The first kappa shape index (κ1) is 11.5. The Bertz CT molecular complexity index is 538. The number of para-hydroxylation sites is 2. The van der Waals surface area contributed by atoms with E-state index in [1.54, 1.807) is 0 Å². The molecule has 2 unspecified atom stereocenters. The summed E-state index contributed by atoms with van der Waals surface area (Å²) in [6.45, 7) is 2.33. The standard InChI is InChI=1S/C15H19N3/c1-11-5-4-6-12(9-11)17-15-10-16-13-7-2-3-8-14(13)18-15/h2-3,7-8,10-12H,4-6,9H2,1H3,(H,17,18). The van der Waals surface area contributed by atoms with Crippen molar-refractivity contribution in [2.45, 2.75) is 38.6 Å². The molecule has 1 N–H and O–H groups in total. The highest BCUT2D eigenvalue weighted by molar-refractivity contribution is 5.75. The molecule has 1 aliphatic carbocycles. The lowest BCUT2D eigenvalue weighted by atomic mass is 9.87. The van der Waals surface area contributed by atoms with Gasteiger partial charge in [-0.2, -0.15) is 0 Å². The van der Waals surface area contributed by atoms with Gasteiger partial charge < -0.3 is 5.32 Å². The molecule has 1 aromatic heterocycles. The Labute approximate surface area is 108 Å². The number of nitrogens with one attached hydrogen (secondary N) is 1. The van der Waals surface area contributed by atoms with Crippen LogP contribution in [-0.4, -0.2) is 16.0 Å². The lowest BCUT2D eigenvalue weighted by Gasteiger charge is -2.27. The molecular formula is C15H19N3. The molecule has 3 nitrogen and oxygen atoms in total. The van der Waals surface area contributed by atoms with Crippen molar-refractivity contribution in [2.24, 2.45) is 5.92 Å². The monoisotopic (exact) mass is 241 g/mol. The third-order valence-electron chi connectivity index (χ3n) is 3.74. The summed E-state index contributed by atoms with van der Waals surface area (Å²) >= 11 is 0. The highest BCUT2D eigenvalue weighted by atomic mass is 15.0. The maximum atomic E-state index is 4.62. The van der Waals surface area contributed by atoms with Crippen molar-refractivity contribution in [3.05, 3.63) is 30.5 Å². The summed E-state index contributed by atoms with van der Waals surface area (Å²) in [5.41, 5.74) is 1.92. The maximum absolute atomic E-state index is 4.62. The minimum Gasteiger partial charge on any atom is -0.366 e. The summed E-state index contributed by atoms with van der Waals surface area (Å²) in [5.74, 6) is 1.73. The van der Waals surface area contributed by atoms with Crippen LogP contribution >= 0.6 is 0 Å². The van der Waals surface area contributed by atoms with Crippen LogP contribution in [0.15, 0.2) is 30.5 Å². The lowest BCUT2D eigenvalue weighted by molar-refractivity contribution is 0.358. The fourth-order valence-electron chi connectivity index (χ4n) is 2.80. The molecule has 0 saturated heterocycles. The zero-order valence-corrected chi connectivity index (χ0v) is 10.8. The first-order valence-corrected chi connectivity index (χ1v) is 6.79. The molecule has 1 fully saturated rings. The molecule has 18 heavy (non-hydrogen) atoms. The Morgan fingerprint density at radius 1 is 1.17 bits per heavy atom. The van der Waals surface area contributed by atoms with Crippen LogP contribution in [0.3, 0.4) is 0 Å². The summed E-state index contributed by atoms with van der Waals surface area (Å²) in [6.07, 6.45) is 7.02. The van der Waals surface area contributed by atoms with E-state index in [0.717, 1.165) is 22.8 Å². The van der Waals surface area contributed by atoms with Gasteiger partial charge in [-0.15, -0.1) is 0 Å². The molecule has 1 heterocycles. The van der Waals surface area contributed by atoms with Crippen LogP contribution in [0.5, 0.6) is 0 Å². The molecule has 3 rings (SSSR count). The van der Waals surface area contributed by atoms with Gasteiger partial charge in [0.25, 0.3) is 0 Å². The number of rotatable bonds is 2. The second-order valence-electron chi connectivity index (χ2n) is 5.36. The topological polar surface area (TPSA) is 37.8 Å². The fourth-order valence-corrected chi connectivity index (χ4v) is 2.80. The summed E-state index contributed by atoms with van der Waals surface area (Å²) in [6, 6.07) is 8.56. The van der Waals surface area contributed by atoms with Gasteiger partial charge in [0, 0.05) is 6.04 Å². The number of hydrogen-bond acceptors (Lipinski definition) is 3. The first-order valence-electron chi connectivity index (χ1n) is 6.79. The Kier molecular flexibility index (Phi) is 3.13. The van der Waals surface area contributed by atoms with Crippen LogP contribution < -0.4 is 5.32 Å². The number of benzene rings is 1. The SMILES string of the molecule is CC1CCCC(Nc2cnc3ccccc3n2)C1. The highest BCUT2D eigenvalue weighted by Gasteiger charge is 2.18. The van der Waals surface area contributed by atoms with Crippen molar-refractivity contribution in [3.63, 3.8) is 0 Å². The van der Waals surface area contributed by atoms with Crippen molar-refractivity contribution in [3.8, 4) is 0 Å². The number of aromatic nitrogens is 2. The van der Waals surface area contributed by atoms with Crippen LogP contribution in [-0.2, 0) is 0 Å². The first-order chi connectivity index (χ1) is 8.81. The molecule has 0 bridgehead atoms.